The summed E-state index contributed by atoms with van der Waals surface area (Å²) >= 11 is 0. The van der Waals surface area contributed by atoms with E-state index in [1.54, 1.807) is 0 Å². The summed E-state index contributed by atoms with van der Waals surface area (Å²) in [6, 6.07) is -1.00. The van der Waals surface area contributed by atoms with Gasteiger partial charge in [-0.1, -0.05) is 12.2 Å². The second kappa shape index (κ2) is 6.78. The normalized spacial score (nSPS) is 16.4. The van der Waals surface area contributed by atoms with Crippen LogP contribution in [0.25, 0.3) is 0 Å². The number of nitrogens with one attached hydrogen (secondary N) is 1. The van der Waals surface area contributed by atoms with Gasteiger partial charge in [-0.3, -0.25) is 9.59 Å². The van der Waals surface area contributed by atoms with Gasteiger partial charge in [-0.05, 0) is 25.7 Å². The lowest BCUT2D eigenvalue weighted by molar-refractivity contribution is -0.143. The molecule has 0 saturated carbocycles. The van der Waals surface area contributed by atoms with Gasteiger partial charge in [0.15, 0.2) is 0 Å². The van der Waals surface area contributed by atoms with Gasteiger partial charge in [-0.15, -0.1) is 0 Å². The summed E-state index contributed by atoms with van der Waals surface area (Å²) in [5.41, 5.74) is 0. The largest absolute Gasteiger partial charge is 0.481 e. The highest BCUT2D eigenvalue weighted by atomic mass is 16.4. The molecule has 6 nitrogen and oxygen atoms in total. The van der Waals surface area contributed by atoms with Crippen molar-refractivity contribution in [1.29, 1.82) is 0 Å². The summed E-state index contributed by atoms with van der Waals surface area (Å²) in [6.45, 7) is 0. The van der Waals surface area contributed by atoms with Crippen molar-refractivity contribution in [2.75, 3.05) is 0 Å². The number of carbonyl (C=O) groups is 3. The third-order valence-electron chi connectivity index (χ3n) is 2.88. The number of amides is 1. The lowest BCUT2D eigenvalue weighted by Crippen LogP contribution is -2.43. The fourth-order valence-electron chi connectivity index (χ4n) is 1.84. The zero-order valence-corrected chi connectivity index (χ0v) is 9.96. The Hall–Kier alpha value is -1.85. The molecule has 1 rings (SSSR count). The molecule has 0 radical (unpaired) electrons. The first-order chi connectivity index (χ1) is 8.50. The summed E-state index contributed by atoms with van der Waals surface area (Å²) in [4.78, 5) is 33.0. The molecule has 0 fully saturated rings. The molecule has 0 aromatic rings. The summed E-state index contributed by atoms with van der Waals surface area (Å²) in [5.74, 6) is -2.56. The lowest BCUT2D eigenvalue weighted by Gasteiger charge is -2.16. The van der Waals surface area contributed by atoms with E-state index in [2.05, 4.69) is 5.32 Å². The number of rotatable bonds is 7. The van der Waals surface area contributed by atoms with Gasteiger partial charge in [-0.2, -0.15) is 0 Å². The molecular formula is C12H17NO5. The van der Waals surface area contributed by atoms with Gasteiger partial charge in [0.2, 0.25) is 5.91 Å². The molecular weight excluding hydrogens is 238 g/mol. The molecule has 0 aromatic heterocycles. The zero-order chi connectivity index (χ0) is 13.5. The summed E-state index contributed by atoms with van der Waals surface area (Å²) in [6.07, 6.45) is 5.32. The molecule has 0 unspecified atom stereocenters. The maximum atomic E-state index is 11.7. The molecule has 0 heterocycles. The molecule has 0 aromatic carbocycles. The number of allylic oxidation sites excluding steroid dienone is 2. The van der Waals surface area contributed by atoms with Crippen molar-refractivity contribution in [2.24, 2.45) is 5.92 Å². The quantitative estimate of drug-likeness (QED) is 0.583. The average molecular weight is 255 g/mol. The van der Waals surface area contributed by atoms with E-state index in [0.717, 1.165) is 0 Å². The molecule has 1 amide bonds. The van der Waals surface area contributed by atoms with Crippen molar-refractivity contribution in [3.8, 4) is 0 Å². The molecule has 0 bridgehead atoms. The van der Waals surface area contributed by atoms with Crippen LogP contribution in [0.2, 0.25) is 0 Å². The van der Waals surface area contributed by atoms with E-state index >= 15 is 0 Å². The monoisotopic (exact) mass is 255 g/mol. The first-order valence-electron chi connectivity index (χ1n) is 5.90. The number of carbonyl (C=O) groups excluding carboxylic acids is 1. The van der Waals surface area contributed by atoms with Gasteiger partial charge in [0.1, 0.15) is 6.04 Å². The van der Waals surface area contributed by atoms with E-state index in [0.29, 0.717) is 12.8 Å². The highest BCUT2D eigenvalue weighted by Crippen LogP contribution is 2.18. The third-order valence-corrected chi connectivity index (χ3v) is 2.88. The standard InChI is InChI=1S/C12H17NO5/c14-10(15)7-3-6-9(12(17)18)13-11(16)8-4-1-2-5-8/h1-2,8-9H,3-7H2,(H,13,16)(H,14,15)(H,17,18)/t9-/m1/s1. The Balaban J connectivity index is 2.39. The molecule has 0 spiro atoms. The van der Waals surface area contributed by atoms with Crippen LogP contribution in [-0.4, -0.2) is 34.1 Å². The highest BCUT2D eigenvalue weighted by molar-refractivity contribution is 5.85. The zero-order valence-electron chi connectivity index (χ0n) is 9.96. The van der Waals surface area contributed by atoms with E-state index in [-0.39, 0.29) is 31.1 Å². The van der Waals surface area contributed by atoms with E-state index < -0.39 is 18.0 Å². The van der Waals surface area contributed by atoms with Gasteiger partial charge in [0.05, 0.1) is 0 Å². The minimum atomic E-state index is -1.13. The molecule has 100 valence electrons. The second-order valence-electron chi connectivity index (χ2n) is 4.33. The molecule has 1 aliphatic carbocycles. The minimum absolute atomic E-state index is 0.0926. The number of aliphatic carboxylic acids is 2. The Kier molecular flexibility index (Phi) is 5.35. The van der Waals surface area contributed by atoms with Crippen LogP contribution in [0, 0.1) is 5.92 Å². The number of hydrogen-bond acceptors (Lipinski definition) is 3. The fourth-order valence-corrected chi connectivity index (χ4v) is 1.84. The van der Waals surface area contributed by atoms with Gasteiger partial charge in [0.25, 0.3) is 0 Å². The van der Waals surface area contributed by atoms with Crippen LogP contribution in [0.1, 0.15) is 32.1 Å². The Morgan fingerprint density at radius 2 is 1.83 bits per heavy atom. The highest BCUT2D eigenvalue weighted by Gasteiger charge is 2.25. The van der Waals surface area contributed by atoms with E-state index in [1.807, 2.05) is 12.2 Å². The van der Waals surface area contributed by atoms with Crippen molar-refractivity contribution < 1.29 is 24.6 Å². The van der Waals surface area contributed by atoms with Gasteiger partial charge < -0.3 is 15.5 Å². The topological polar surface area (TPSA) is 104 Å². The first kappa shape index (κ1) is 14.2. The van der Waals surface area contributed by atoms with E-state index in [9.17, 15) is 14.4 Å². The van der Waals surface area contributed by atoms with Crippen LogP contribution in [0.4, 0.5) is 0 Å². The summed E-state index contributed by atoms with van der Waals surface area (Å²) in [7, 11) is 0. The predicted molar refractivity (Wildman–Crippen MR) is 62.9 cm³/mol. The van der Waals surface area contributed by atoms with Crippen LogP contribution in [0.5, 0.6) is 0 Å². The first-order valence-corrected chi connectivity index (χ1v) is 5.90. The van der Waals surface area contributed by atoms with E-state index in [1.165, 1.54) is 0 Å². The molecule has 6 heteroatoms. The number of carboxylic acid groups (broad SMARTS) is 2. The van der Waals surface area contributed by atoms with Crippen molar-refractivity contribution in [3.05, 3.63) is 12.2 Å². The SMILES string of the molecule is O=C(O)CCC[C@@H](NC(=O)C1CC=CC1)C(=O)O. The third kappa shape index (κ3) is 4.57. The Morgan fingerprint density at radius 3 is 2.33 bits per heavy atom. The molecule has 0 aliphatic heterocycles. The van der Waals surface area contributed by atoms with Crippen molar-refractivity contribution in [2.45, 2.75) is 38.1 Å². The second-order valence-corrected chi connectivity index (χ2v) is 4.33. The smallest absolute Gasteiger partial charge is 0.326 e. The molecule has 0 saturated heterocycles. The van der Waals surface area contributed by atoms with Gasteiger partial charge in [0, 0.05) is 12.3 Å². The fraction of sp³-hybridized carbons (Fsp3) is 0.583. The Bertz CT molecular complexity index is 355. The molecule has 1 aliphatic rings. The van der Waals surface area contributed by atoms with Gasteiger partial charge in [-0.25, -0.2) is 4.79 Å². The average Bonchev–Trinajstić information content (AvgIpc) is 2.80. The van der Waals surface area contributed by atoms with Crippen LogP contribution in [-0.2, 0) is 14.4 Å². The van der Waals surface area contributed by atoms with Gasteiger partial charge >= 0.3 is 11.9 Å². The van der Waals surface area contributed by atoms with Crippen LogP contribution in [0.3, 0.4) is 0 Å². The maximum absolute atomic E-state index is 11.7. The van der Waals surface area contributed by atoms with Crippen LogP contribution >= 0.6 is 0 Å². The Morgan fingerprint density at radius 1 is 1.22 bits per heavy atom. The minimum Gasteiger partial charge on any atom is -0.481 e. The van der Waals surface area contributed by atoms with Crippen molar-refractivity contribution in [3.63, 3.8) is 0 Å². The Labute approximate surface area is 105 Å². The van der Waals surface area contributed by atoms with E-state index in [4.69, 9.17) is 10.2 Å². The van der Waals surface area contributed by atoms with Crippen LogP contribution < -0.4 is 5.32 Å². The molecule has 3 N–H and O–H groups in total. The van der Waals surface area contributed by atoms with Crippen LogP contribution in [0.15, 0.2) is 12.2 Å². The number of hydrogen-bond donors (Lipinski definition) is 3. The predicted octanol–water partition coefficient (Wildman–Crippen LogP) is 0.777. The molecule has 18 heavy (non-hydrogen) atoms. The lowest BCUT2D eigenvalue weighted by atomic mass is 10.0. The summed E-state index contributed by atoms with van der Waals surface area (Å²) in [5, 5.41) is 19.9. The van der Waals surface area contributed by atoms with Crippen molar-refractivity contribution >= 4 is 17.8 Å². The summed E-state index contributed by atoms with van der Waals surface area (Å²) < 4.78 is 0. The van der Waals surface area contributed by atoms with Crippen molar-refractivity contribution in [1.82, 2.24) is 5.32 Å². The number of carboxylic acids is 2. The maximum Gasteiger partial charge on any atom is 0.326 e. The molecule has 1 atom stereocenters.